The van der Waals surface area contributed by atoms with Gasteiger partial charge in [-0.05, 0) is 18.2 Å². The standard InChI is InChI=1S/C20H18ClFN2OS/c21-10-19(25)24(15-7-8-17-18(9-15)26-12-23-17)11-14-6-5-13-3-1-2-4-16(13)20(14)22/h1-6,12,15H,7-11H2. The maximum absolute atomic E-state index is 15.0. The Labute approximate surface area is 160 Å². The first-order valence-corrected chi connectivity index (χ1v) is 10.0. The number of carbonyl (C=O) groups excluding carboxylic acids is 1. The van der Waals surface area contributed by atoms with Crippen molar-refractivity contribution in [2.75, 3.05) is 5.88 Å². The molecular formula is C20H18ClFN2OS. The van der Waals surface area contributed by atoms with Crippen molar-refractivity contribution in [1.82, 2.24) is 9.88 Å². The summed E-state index contributed by atoms with van der Waals surface area (Å²) in [5.74, 6) is -0.511. The van der Waals surface area contributed by atoms with E-state index in [0.717, 1.165) is 30.3 Å². The van der Waals surface area contributed by atoms with Gasteiger partial charge in [-0.15, -0.1) is 22.9 Å². The molecule has 1 amide bonds. The topological polar surface area (TPSA) is 33.2 Å². The summed E-state index contributed by atoms with van der Waals surface area (Å²) in [6.45, 7) is 0.237. The number of alkyl halides is 1. The highest BCUT2D eigenvalue weighted by atomic mass is 35.5. The minimum Gasteiger partial charge on any atom is -0.334 e. The third-order valence-electron chi connectivity index (χ3n) is 5.02. The van der Waals surface area contributed by atoms with Crippen molar-refractivity contribution in [1.29, 1.82) is 0 Å². The average molecular weight is 389 g/mol. The highest BCUT2D eigenvalue weighted by molar-refractivity contribution is 7.09. The van der Waals surface area contributed by atoms with Crippen molar-refractivity contribution in [3.63, 3.8) is 0 Å². The van der Waals surface area contributed by atoms with Crippen LogP contribution in [-0.4, -0.2) is 27.7 Å². The lowest BCUT2D eigenvalue weighted by molar-refractivity contribution is -0.131. The van der Waals surface area contributed by atoms with Crippen molar-refractivity contribution < 1.29 is 9.18 Å². The highest BCUT2D eigenvalue weighted by Gasteiger charge is 2.29. The quantitative estimate of drug-likeness (QED) is 0.614. The maximum Gasteiger partial charge on any atom is 0.238 e. The molecule has 26 heavy (non-hydrogen) atoms. The van der Waals surface area contributed by atoms with E-state index in [1.807, 2.05) is 29.8 Å². The average Bonchev–Trinajstić information content (AvgIpc) is 3.15. The van der Waals surface area contributed by atoms with E-state index >= 15 is 0 Å². The van der Waals surface area contributed by atoms with Gasteiger partial charge in [0.25, 0.3) is 0 Å². The van der Waals surface area contributed by atoms with Gasteiger partial charge in [-0.3, -0.25) is 4.79 Å². The molecule has 0 radical (unpaired) electrons. The van der Waals surface area contributed by atoms with Crippen LogP contribution >= 0.6 is 22.9 Å². The van der Waals surface area contributed by atoms with Gasteiger partial charge in [0, 0.05) is 34.8 Å². The predicted octanol–water partition coefficient (Wildman–Crippen LogP) is 4.56. The molecule has 0 N–H and O–H groups in total. The third kappa shape index (κ3) is 3.21. The fourth-order valence-corrected chi connectivity index (χ4v) is 4.67. The summed E-state index contributed by atoms with van der Waals surface area (Å²) in [7, 11) is 0. The van der Waals surface area contributed by atoms with E-state index in [2.05, 4.69) is 4.98 Å². The minimum atomic E-state index is -0.259. The second-order valence-corrected chi connectivity index (χ2v) is 7.74. The smallest absolute Gasteiger partial charge is 0.238 e. The van der Waals surface area contributed by atoms with Crippen molar-refractivity contribution in [3.8, 4) is 0 Å². The zero-order chi connectivity index (χ0) is 18.1. The number of nitrogens with zero attached hydrogens (tertiary/aromatic N) is 2. The van der Waals surface area contributed by atoms with Crippen molar-refractivity contribution in [2.24, 2.45) is 0 Å². The first-order valence-electron chi connectivity index (χ1n) is 8.60. The highest BCUT2D eigenvalue weighted by Crippen LogP contribution is 2.29. The van der Waals surface area contributed by atoms with Gasteiger partial charge in [-0.1, -0.05) is 36.4 Å². The van der Waals surface area contributed by atoms with E-state index in [1.165, 1.54) is 4.88 Å². The summed E-state index contributed by atoms with van der Waals surface area (Å²) in [4.78, 5) is 19.8. The van der Waals surface area contributed by atoms with Crippen LogP contribution < -0.4 is 0 Å². The molecule has 2 aromatic carbocycles. The van der Waals surface area contributed by atoms with Crippen LogP contribution in [0.1, 0.15) is 22.6 Å². The first kappa shape index (κ1) is 17.4. The lowest BCUT2D eigenvalue weighted by Gasteiger charge is -2.34. The molecule has 6 heteroatoms. The largest absolute Gasteiger partial charge is 0.334 e. The fraction of sp³-hybridized carbons (Fsp3) is 0.300. The Morgan fingerprint density at radius 3 is 3.00 bits per heavy atom. The molecule has 0 bridgehead atoms. The van der Waals surface area contributed by atoms with Crippen LogP contribution in [0.3, 0.4) is 0 Å². The Morgan fingerprint density at radius 1 is 1.31 bits per heavy atom. The molecule has 134 valence electrons. The van der Waals surface area contributed by atoms with E-state index in [1.54, 1.807) is 28.4 Å². The SMILES string of the molecule is O=C(CCl)N(Cc1ccc2ccccc2c1F)C1CCc2ncsc2C1. The van der Waals surface area contributed by atoms with Crippen molar-refractivity contribution >= 4 is 39.6 Å². The molecule has 0 aliphatic heterocycles. The summed E-state index contributed by atoms with van der Waals surface area (Å²) in [6, 6.07) is 11.1. The first-order chi connectivity index (χ1) is 12.7. The van der Waals surface area contributed by atoms with Crippen LogP contribution in [0, 0.1) is 5.82 Å². The summed E-state index contributed by atoms with van der Waals surface area (Å²) < 4.78 is 15.0. The molecule has 1 heterocycles. The number of aryl methyl sites for hydroxylation is 1. The molecular weight excluding hydrogens is 371 g/mol. The molecule has 4 rings (SSSR count). The number of thiazole rings is 1. The summed E-state index contributed by atoms with van der Waals surface area (Å²) in [5.41, 5.74) is 3.50. The zero-order valence-corrected chi connectivity index (χ0v) is 15.7. The van der Waals surface area contributed by atoms with Gasteiger partial charge in [0.05, 0.1) is 11.2 Å². The number of hydrogen-bond donors (Lipinski definition) is 0. The molecule has 3 nitrogen and oxygen atoms in total. The van der Waals surface area contributed by atoms with Gasteiger partial charge in [0.2, 0.25) is 5.91 Å². The molecule has 0 fully saturated rings. The van der Waals surface area contributed by atoms with Crippen LogP contribution in [0.15, 0.2) is 41.9 Å². The van der Waals surface area contributed by atoms with E-state index in [0.29, 0.717) is 10.9 Å². The van der Waals surface area contributed by atoms with Crippen LogP contribution in [0.2, 0.25) is 0 Å². The molecule has 0 saturated heterocycles. The van der Waals surface area contributed by atoms with Crippen LogP contribution in [0.5, 0.6) is 0 Å². The number of amides is 1. The van der Waals surface area contributed by atoms with Gasteiger partial charge in [0.15, 0.2) is 0 Å². The number of fused-ring (bicyclic) bond motifs is 2. The lowest BCUT2D eigenvalue weighted by Crippen LogP contribution is -2.43. The van der Waals surface area contributed by atoms with Crippen LogP contribution in [-0.2, 0) is 24.2 Å². The van der Waals surface area contributed by atoms with Gasteiger partial charge in [-0.2, -0.15) is 0 Å². The van der Waals surface area contributed by atoms with Gasteiger partial charge in [-0.25, -0.2) is 9.37 Å². The third-order valence-corrected chi connectivity index (χ3v) is 6.15. The Balaban J connectivity index is 1.64. The van der Waals surface area contributed by atoms with Gasteiger partial charge in [0.1, 0.15) is 11.7 Å². The van der Waals surface area contributed by atoms with Crippen LogP contribution in [0.4, 0.5) is 4.39 Å². The second-order valence-electron chi connectivity index (χ2n) is 6.53. The Morgan fingerprint density at radius 2 is 2.15 bits per heavy atom. The maximum atomic E-state index is 15.0. The van der Waals surface area contributed by atoms with E-state index in [-0.39, 0.29) is 30.2 Å². The van der Waals surface area contributed by atoms with E-state index in [4.69, 9.17) is 11.6 Å². The number of aromatic nitrogens is 1. The number of halogens is 2. The lowest BCUT2D eigenvalue weighted by atomic mass is 9.95. The Hall–Kier alpha value is -1.98. The summed E-state index contributed by atoms with van der Waals surface area (Å²) in [5, 5.41) is 1.44. The molecule has 1 aromatic heterocycles. The molecule has 1 aliphatic carbocycles. The normalized spacial score (nSPS) is 16.5. The van der Waals surface area contributed by atoms with Gasteiger partial charge < -0.3 is 4.90 Å². The van der Waals surface area contributed by atoms with E-state index in [9.17, 15) is 9.18 Å². The predicted molar refractivity (Wildman–Crippen MR) is 103 cm³/mol. The molecule has 0 spiro atoms. The van der Waals surface area contributed by atoms with E-state index < -0.39 is 0 Å². The van der Waals surface area contributed by atoms with Crippen LogP contribution in [0.25, 0.3) is 10.8 Å². The summed E-state index contributed by atoms with van der Waals surface area (Å²) in [6.07, 6.45) is 2.43. The van der Waals surface area contributed by atoms with Crippen molar-refractivity contribution in [2.45, 2.75) is 31.8 Å². The Kier molecular flexibility index (Phi) is 4.92. The molecule has 3 aromatic rings. The monoisotopic (exact) mass is 388 g/mol. The second kappa shape index (κ2) is 7.33. The fourth-order valence-electron chi connectivity index (χ4n) is 3.63. The number of hydrogen-bond acceptors (Lipinski definition) is 3. The number of carbonyl (C=O) groups is 1. The number of benzene rings is 2. The minimum absolute atomic E-state index is 0.0278. The van der Waals surface area contributed by atoms with Gasteiger partial charge >= 0.3 is 0 Å². The molecule has 1 unspecified atom stereocenters. The Bertz CT molecular complexity index is 958. The van der Waals surface area contributed by atoms with Crippen molar-refractivity contribution in [3.05, 3.63) is 63.9 Å². The molecule has 1 aliphatic rings. The number of rotatable bonds is 4. The summed E-state index contributed by atoms with van der Waals surface area (Å²) >= 11 is 7.47. The molecule has 1 atom stereocenters. The zero-order valence-electron chi connectivity index (χ0n) is 14.1. The molecule has 0 saturated carbocycles.